The second-order valence-corrected chi connectivity index (χ2v) is 5.95. The van der Waals surface area contributed by atoms with E-state index in [-0.39, 0.29) is 28.6 Å². The standard InChI is InChI=1S/C16H13BrClNO5/c1-23-14-7-13(12(18)6-11(14)16(21)22)19-15(20)8-24-10-4-2-3-9(17)5-10/h2-7H,8H2,1H3,(H,19,20)(H,21,22). The minimum atomic E-state index is -1.18. The van der Waals surface area contributed by atoms with Crippen LogP contribution in [0, 0.1) is 0 Å². The maximum absolute atomic E-state index is 12.0. The summed E-state index contributed by atoms with van der Waals surface area (Å²) < 4.78 is 11.2. The van der Waals surface area contributed by atoms with E-state index in [0.29, 0.717) is 5.75 Å². The summed E-state index contributed by atoms with van der Waals surface area (Å²) in [6, 6.07) is 9.63. The Bertz CT molecular complexity index is 781. The zero-order valence-corrected chi connectivity index (χ0v) is 14.8. The van der Waals surface area contributed by atoms with E-state index < -0.39 is 11.9 Å². The molecule has 24 heavy (non-hydrogen) atoms. The number of carboxylic acid groups (broad SMARTS) is 1. The average molecular weight is 415 g/mol. The number of nitrogens with one attached hydrogen (secondary N) is 1. The van der Waals surface area contributed by atoms with Gasteiger partial charge in [0.15, 0.2) is 6.61 Å². The van der Waals surface area contributed by atoms with Gasteiger partial charge in [-0.05, 0) is 24.3 Å². The van der Waals surface area contributed by atoms with Gasteiger partial charge >= 0.3 is 5.97 Å². The van der Waals surface area contributed by atoms with Gasteiger partial charge in [0.25, 0.3) is 5.91 Å². The Morgan fingerprint density at radius 3 is 2.67 bits per heavy atom. The van der Waals surface area contributed by atoms with E-state index in [4.69, 9.17) is 26.2 Å². The Labute approximate surface area is 151 Å². The molecule has 0 aromatic heterocycles. The van der Waals surface area contributed by atoms with Gasteiger partial charge in [-0.15, -0.1) is 0 Å². The van der Waals surface area contributed by atoms with E-state index in [2.05, 4.69) is 21.2 Å². The van der Waals surface area contributed by atoms with Crippen molar-refractivity contribution in [3.05, 3.63) is 51.5 Å². The van der Waals surface area contributed by atoms with E-state index in [1.165, 1.54) is 19.2 Å². The normalized spacial score (nSPS) is 10.1. The smallest absolute Gasteiger partial charge is 0.339 e. The molecule has 126 valence electrons. The Morgan fingerprint density at radius 1 is 1.29 bits per heavy atom. The van der Waals surface area contributed by atoms with Gasteiger partial charge in [0.05, 0.1) is 17.8 Å². The number of methoxy groups -OCH3 is 1. The third-order valence-corrected chi connectivity index (χ3v) is 3.77. The number of benzene rings is 2. The summed E-state index contributed by atoms with van der Waals surface area (Å²) in [6.45, 7) is -0.226. The number of rotatable bonds is 6. The molecule has 0 aliphatic carbocycles. The fourth-order valence-electron chi connectivity index (χ4n) is 1.88. The van der Waals surface area contributed by atoms with Gasteiger partial charge in [-0.2, -0.15) is 0 Å². The van der Waals surface area contributed by atoms with Crippen LogP contribution in [0.4, 0.5) is 5.69 Å². The van der Waals surface area contributed by atoms with Crippen molar-refractivity contribution in [2.45, 2.75) is 0 Å². The zero-order valence-electron chi connectivity index (χ0n) is 12.5. The monoisotopic (exact) mass is 413 g/mol. The summed E-state index contributed by atoms with van der Waals surface area (Å²) >= 11 is 9.31. The lowest BCUT2D eigenvalue weighted by molar-refractivity contribution is -0.118. The number of carbonyl (C=O) groups is 2. The molecule has 0 saturated carbocycles. The van der Waals surface area contributed by atoms with E-state index in [1.54, 1.807) is 18.2 Å². The molecule has 0 spiro atoms. The third kappa shape index (κ3) is 4.62. The van der Waals surface area contributed by atoms with Crippen molar-refractivity contribution in [2.75, 3.05) is 19.0 Å². The van der Waals surface area contributed by atoms with Gasteiger partial charge in [0.1, 0.15) is 17.1 Å². The number of carbonyl (C=O) groups excluding carboxylic acids is 1. The highest BCUT2D eigenvalue weighted by Gasteiger charge is 2.16. The van der Waals surface area contributed by atoms with E-state index in [0.717, 1.165) is 4.47 Å². The lowest BCUT2D eigenvalue weighted by Crippen LogP contribution is -2.20. The largest absolute Gasteiger partial charge is 0.496 e. The van der Waals surface area contributed by atoms with Crippen LogP contribution in [0.15, 0.2) is 40.9 Å². The molecule has 0 heterocycles. The minimum absolute atomic E-state index is 0.0870. The van der Waals surface area contributed by atoms with Gasteiger partial charge in [-0.3, -0.25) is 4.79 Å². The van der Waals surface area contributed by atoms with Crippen LogP contribution < -0.4 is 14.8 Å². The van der Waals surface area contributed by atoms with E-state index in [1.807, 2.05) is 6.07 Å². The molecule has 0 fully saturated rings. The van der Waals surface area contributed by atoms with E-state index >= 15 is 0 Å². The molecular formula is C16H13BrClNO5. The Kier molecular flexibility index (Phi) is 6.05. The lowest BCUT2D eigenvalue weighted by Gasteiger charge is -2.12. The molecule has 0 bridgehead atoms. The van der Waals surface area contributed by atoms with Crippen LogP contribution in [0.25, 0.3) is 0 Å². The first-order chi connectivity index (χ1) is 11.4. The number of aromatic carboxylic acids is 1. The molecule has 0 unspecified atom stereocenters. The first-order valence-corrected chi connectivity index (χ1v) is 7.87. The fraction of sp³-hybridized carbons (Fsp3) is 0.125. The second kappa shape index (κ2) is 8.03. The molecule has 8 heteroatoms. The number of amides is 1. The SMILES string of the molecule is COc1cc(NC(=O)COc2cccc(Br)c2)c(Cl)cc1C(=O)O. The Balaban J connectivity index is 2.07. The summed E-state index contributed by atoms with van der Waals surface area (Å²) in [4.78, 5) is 23.1. The predicted molar refractivity (Wildman–Crippen MR) is 93.2 cm³/mol. The van der Waals surface area contributed by atoms with Crippen molar-refractivity contribution in [3.8, 4) is 11.5 Å². The quantitative estimate of drug-likeness (QED) is 0.750. The first-order valence-electron chi connectivity index (χ1n) is 6.69. The van der Waals surface area contributed by atoms with Crippen molar-refractivity contribution in [2.24, 2.45) is 0 Å². The van der Waals surface area contributed by atoms with Crippen molar-refractivity contribution in [1.82, 2.24) is 0 Å². The number of anilines is 1. The van der Waals surface area contributed by atoms with Gasteiger partial charge in [0, 0.05) is 10.5 Å². The molecule has 2 aromatic carbocycles. The molecule has 1 amide bonds. The van der Waals surface area contributed by atoms with Crippen LogP contribution in [0.5, 0.6) is 11.5 Å². The molecular weight excluding hydrogens is 402 g/mol. The highest BCUT2D eigenvalue weighted by Crippen LogP contribution is 2.31. The number of halogens is 2. The molecule has 2 N–H and O–H groups in total. The zero-order chi connectivity index (χ0) is 17.7. The third-order valence-electron chi connectivity index (χ3n) is 2.96. The minimum Gasteiger partial charge on any atom is -0.496 e. The summed E-state index contributed by atoms with van der Waals surface area (Å²) in [5.41, 5.74) is 0.146. The first kappa shape index (κ1) is 18.1. The summed E-state index contributed by atoms with van der Waals surface area (Å²) in [6.07, 6.45) is 0. The van der Waals surface area contributed by atoms with Crippen LogP contribution in [0.3, 0.4) is 0 Å². The average Bonchev–Trinajstić information content (AvgIpc) is 2.54. The topological polar surface area (TPSA) is 84.9 Å². The molecule has 2 aromatic rings. The highest BCUT2D eigenvalue weighted by molar-refractivity contribution is 9.10. The van der Waals surface area contributed by atoms with E-state index in [9.17, 15) is 9.59 Å². The number of ether oxygens (including phenoxy) is 2. The second-order valence-electron chi connectivity index (χ2n) is 4.63. The highest BCUT2D eigenvalue weighted by atomic mass is 79.9. The maximum atomic E-state index is 12.0. The summed E-state index contributed by atoms with van der Waals surface area (Å²) in [7, 11) is 1.33. The van der Waals surface area contributed by atoms with Gasteiger partial charge in [0.2, 0.25) is 0 Å². The lowest BCUT2D eigenvalue weighted by atomic mass is 10.2. The molecule has 0 aliphatic rings. The van der Waals surface area contributed by atoms with Crippen molar-refractivity contribution < 1.29 is 24.2 Å². The molecule has 0 saturated heterocycles. The number of hydrogen-bond acceptors (Lipinski definition) is 4. The van der Waals surface area contributed by atoms with Gasteiger partial charge in [-0.1, -0.05) is 33.6 Å². The number of carboxylic acids is 1. The maximum Gasteiger partial charge on any atom is 0.339 e. The summed E-state index contributed by atoms with van der Waals surface area (Å²) in [5, 5.41) is 11.7. The van der Waals surface area contributed by atoms with Crippen molar-refractivity contribution in [3.63, 3.8) is 0 Å². The van der Waals surface area contributed by atoms with Gasteiger partial charge < -0.3 is 19.9 Å². The predicted octanol–water partition coefficient (Wildman–Crippen LogP) is 3.83. The van der Waals surface area contributed by atoms with Crippen LogP contribution in [0.1, 0.15) is 10.4 Å². The molecule has 0 radical (unpaired) electrons. The number of hydrogen-bond donors (Lipinski definition) is 2. The van der Waals surface area contributed by atoms with Crippen LogP contribution in [0.2, 0.25) is 5.02 Å². The van der Waals surface area contributed by atoms with Crippen LogP contribution >= 0.6 is 27.5 Å². The molecule has 2 rings (SSSR count). The fourth-order valence-corrected chi connectivity index (χ4v) is 2.47. The van der Waals surface area contributed by atoms with Crippen LogP contribution in [-0.2, 0) is 4.79 Å². The molecule has 0 atom stereocenters. The molecule has 0 aliphatic heterocycles. The van der Waals surface area contributed by atoms with Gasteiger partial charge in [-0.25, -0.2) is 4.79 Å². The van der Waals surface area contributed by atoms with Crippen molar-refractivity contribution >= 4 is 45.1 Å². The summed E-state index contributed by atoms with van der Waals surface area (Å²) in [5.74, 6) is -0.994. The molecule has 6 nitrogen and oxygen atoms in total. The van der Waals surface area contributed by atoms with Crippen LogP contribution in [-0.4, -0.2) is 30.7 Å². The van der Waals surface area contributed by atoms with Crippen molar-refractivity contribution in [1.29, 1.82) is 0 Å². The Hall–Kier alpha value is -2.25. The Morgan fingerprint density at radius 2 is 2.04 bits per heavy atom.